The molecule has 5 heteroatoms. The van der Waals surface area contributed by atoms with Gasteiger partial charge in [-0.15, -0.1) is 0 Å². The van der Waals surface area contributed by atoms with Crippen LogP contribution in [0.15, 0.2) is 18.2 Å². The summed E-state index contributed by atoms with van der Waals surface area (Å²) in [4.78, 5) is 0. The second-order valence-electron chi connectivity index (χ2n) is 2.31. The summed E-state index contributed by atoms with van der Waals surface area (Å²) in [6, 6.07) is 4.58. The Morgan fingerprint density at radius 3 is 2.58 bits per heavy atom. The quantitative estimate of drug-likeness (QED) is 0.655. The number of halogens is 1. The predicted octanol–water partition coefficient (Wildman–Crippen LogP) is 0.311. The molecule has 0 radical (unpaired) electrons. The van der Waals surface area contributed by atoms with E-state index in [9.17, 15) is 10.4 Å². The first-order valence-corrected chi connectivity index (χ1v) is 3.73. The zero-order valence-corrected chi connectivity index (χ0v) is 6.97. The summed E-state index contributed by atoms with van der Waals surface area (Å²) in [6.45, 7) is 0.289. The normalized spacial score (nSPS) is 10.8. The van der Waals surface area contributed by atoms with Gasteiger partial charge in [-0.1, -0.05) is 17.7 Å². The molecule has 0 aromatic heterocycles. The Kier molecular flexibility index (Phi) is 3.02. The number of benzene rings is 1. The summed E-state index contributed by atoms with van der Waals surface area (Å²) >= 11 is 5.59. The van der Waals surface area contributed by atoms with E-state index in [1.807, 2.05) is 0 Å². The Bertz CT molecular complexity index is 278. The van der Waals surface area contributed by atoms with E-state index in [0.29, 0.717) is 0 Å². The van der Waals surface area contributed by atoms with Crippen molar-refractivity contribution in [2.24, 2.45) is 5.73 Å². The van der Waals surface area contributed by atoms with Crippen molar-refractivity contribution in [2.45, 2.75) is 6.54 Å². The Balaban J connectivity index is 3.08. The van der Waals surface area contributed by atoms with Crippen LogP contribution in [0.25, 0.3) is 0 Å². The summed E-state index contributed by atoms with van der Waals surface area (Å²) in [6.07, 6.45) is 0. The summed E-state index contributed by atoms with van der Waals surface area (Å²) in [5, 5.41) is 19.8. The van der Waals surface area contributed by atoms with E-state index in [4.69, 9.17) is 17.3 Å². The maximum Gasteiger partial charge on any atom is 0.150 e. The molecule has 0 fully saturated rings. The van der Waals surface area contributed by atoms with Crippen LogP contribution in [0, 0.1) is 10.4 Å². The van der Waals surface area contributed by atoms with Crippen LogP contribution in [0.5, 0.6) is 0 Å². The average Bonchev–Trinajstić information content (AvgIpc) is 2.05. The van der Waals surface area contributed by atoms with Gasteiger partial charge >= 0.3 is 0 Å². The molecule has 0 aliphatic carbocycles. The molecule has 0 aliphatic heterocycles. The van der Waals surface area contributed by atoms with Crippen LogP contribution in [0.4, 0.5) is 5.69 Å². The van der Waals surface area contributed by atoms with Gasteiger partial charge in [0, 0.05) is 12.6 Å². The Hall–Kier alpha value is -0.650. The van der Waals surface area contributed by atoms with Crippen molar-refractivity contribution in [1.29, 1.82) is 0 Å². The molecule has 0 amide bonds. The van der Waals surface area contributed by atoms with Crippen molar-refractivity contribution in [2.75, 3.05) is 0 Å². The smallest absolute Gasteiger partial charge is 0.150 e. The number of nitrogens with two attached hydrogens (primary N) is 1. The minimum absolute atomic E-state index is 0.0142. The molecule has 0 spiro atoms. The van der Waals surface area contributed by atoms with Crippen LogP contribution in [-0.4, -0.2) is 0 Å². The minimum atomic E-state index is -1.28. The van der Waals surface area contributed by atoms with E-state index in [2.05, 4.69) is 0 Å². The maximum atomic E-state index is 10.5. The molecule has 0 saturated heterocycles. The number of hydrogen-bond donors (Lipinski definition) is 2. The third-order valence-electron chi connectivity index (χ3n) is 1.49. The minimum Gasteiger partial charge on any atom is -0.628 e. The molecule has 1 rings (SSSR count). The molecule has 0 aliphatic rings. The van der Waals surface area contributed by atoms with Gasteiger partial charge < -0.3 is 21.4 Å². The van der Waals surface area contributed by atoms with Gasteiger partial charge in [0.15, 0.2) is 0 Å². The van der Waals surface area contributed by atoms with Gasteiger partial charge in [0.2, 0.25) is 0 Å². The highest BCUT2D eigenvalue weighted by Gasteiger charge is 2.03. The van der Waals surface area contributed by atoms with Gasteiger partial charge in [-0.05, 0) is 11.6 Å². The second kappa shape index (κ2) is 3.84. The Labute approximate surface area is 74.7 Å². The van der Waals surface area contributed by atoms with Gasteiger partial charge in [-0.25, -0.2) is 0 Å². The fourth-order valence-corrected chi connectivity index (χ4v) is 1.05. The first-order valence-electron chi connectivity index (χ1n) is 3.35. The highest BCUT2D eigenvalue weighted by molar-refractivity contribution is 6.32. The van der Waals surface area contributed by atoms with Gasteiger partial charge in [0.1, 0.15) is 10.7 Å². The van der Waals surface area contributed by atoms with Crippen LogP contribution >= 0.6 is 11.6 Å². The monoisotopic (exact) mass is 187 g/mol. The lowest BCUT2D eigenvalue weighted by Gasteiger charge is -2.25. The van der Waals surface area contributed by atoms with Crippen molar-refractivity contribution in [3.63, 3.8) is 0 Å². The first kappa shape index (κ1) is 9.44. The molecule has 0 heterocycles. The SMILES string of the molecule is NCc1ccc(Cl)c([NH+]([O-])[O-])c1. The molecular weight excluding hydrogens is 180 g/mol. The zero-order chi connectivity index (χ0) is 9.14. The molecule has 0 atom stereocenters. The topological polar surface area (TPSA) is 76.6 Å². The van der Waals surface area contributed by atoms with E-state index in [1.54, 1.807) is 6.07 Å². The van der Waals surface area contributed by atoms with Crippen molar-refractivity contribution < 1.29 is 5.23 Å². The van der Waals surface area contributed by atoms with Crippen LogP contribution in [0.1, 0.15) is 5.56 Å². The predicted molar refractivity (Wildman–Crippen MR) is 46.7 cm³/mol. The highest BCUT2D eigenvalue weighted by atomic mass is 35.5. The van der Waals surface area contributed by atoms with Gasteiger partial charge in [0.05, 0.1) is 0 Å². The number of rotatable bonds is 2. The number of hydrogen-bond acceptors (Lipinski definition) is 3. The first-order chi connectivity index (χ1) is 5.65. The van der Waals surface area contributed by atoms with E-state index < -0.39 is 5.23 Å². The summed E-state index contributed by atoms with van der Waals surface area (Å²) in [5.74, 6) is 0. The second-order valence-corrected chi connectivity index (χ2v) is 2.71. The van der Waals surface area contributed by atoms with Crippen LogP contribution in [0.2, 0.25) is 5.02 Å². The average molecular weight is 188 g/mol. The molecule has 12 heavy (non-hydrogen) atoms. The van der Waals surface area contributed by atoms with Crippen molar-refractivity contribution >= 4 is 17.3 Å². The third-order valence-corrected chi connectivity index (χ3v) is 1.82. The van der Waals surface area contributed by atoms with Crippen LogP contribution < -0.4 is 11.0 Å². The molecule has 0 unspecified atom stereocenters. The lowest BCUT2D eigenvalue weighted by molar-refractivity contribution is -0.715. The summed E-state index contributed by atoms with van der Waals surface area (Å²) in [7, 11) is 0. The molecule has 0 bridgehead atoms. The van der Waals surface area contributed by atoms with E-state index >= 15 is 0 Å². The lowest BCUT2D eigenvalue weighted by atomic mass is 10.2. The molecule has 1 aromatic carbocycles. The molecule has 0 saturated carbocycles. The van der Waals surface area contributed by atoms with Gasteiger partial charge in [0.25, 0.3) is 0 Å². The van der Waals surface area contributed by atoms with Gasteiger partial charge in [-0.2, -0.15) is 0 Å². The number of nitrogens with one attached hydrogen (secondary N) is 1. The van der Waals surface area contributed by atoms with Crippen molar-refractivity contribution in [3.05, 3.63) is 39.2 Å². The maximum absolute atomic E-state index is 10.5. The highest BCUT2D eigenvalue weighted by Crippen LogP contribution is 2.18. The molecule has 4 nitrogen and oxygen atoms in total. The van der Waals surface area contributed by atoms with Gasteiger partial charge in [-0.3, -0.25) is 0 Å². The molecule has 3 N–H and O–H groups in total. The summed E-state index contributed by atoms with van der Waals surface area (Å²) < 4.78 is 0. The standard InChI is InChI=1S/C7H8ClN2O2/c8-6-2-1-5(4-9)3-7(6)10(11)12/h1-3,10H,4,9H2/q-1. The lowest BCUT2D eigenvalue weighted by Crippen LogP contribution is -2.96. The van der Waals surface area contributed by atoms with Crippen molar-refractivity contribution in [1.82, 2.24) is 0 Å². The zero-order valence-electron chi connectivity index (χ0n) is 6.21. The molecule has 1 aromatic rings. The van der Waals surface area contributed by atoms with E-state index in [-0.39, 0.29) is 17.3 Å². The number of quaternary nitrogens is 1. The summed E-state index contributed by atoms with van der Waals surface area (Å²) in [5.41, 5.74) is 6.02. The van der Waals surface area contributed by atoms with E-state index in [0.717, 1.165) is 5.56 Å². The largest absolute Gasteiger partial charge is 0.628 e. The van der Waals surface area contributed by atoms with Crippen molar-refractivity contribution in [3.8, 4) is 0 Å². The third kappa shape index (κ3) is 1.94. The van der Waals surface area contributed by atoms with E-state index in [1.165, 1.54) is 12.1 Å². The fraction of sp³-hybridized carbons (Fsp3) is 0.143. The Morgan fingerprint density at radius 1 is 1.42 bits per heavy atom. The molecular formula is C7H8ClN2O2-. The van der Waals surface area contributed by atoms with Crippen LogP contribution in [-0.2, 0) is 6.54 Å². The molecule has 66 valence electrons. The Morgan fingerprint density at radius 2 is 2.08 bits per heavy atom. The van der Waals surface area contributed by atoms with Crippen LogP contribution in [0.3, 0.4) is 0 Å². The fourth-order valence-electron chi connectivity index (χ4n) is 0.856.